The standard InChI is InChI=1S/C14H19FN2O4S.ClH/c1-21-14(18)10-17(12-6-8-16-9-7-12)22(19,20)13-4-2-11(15)3-5-13;/h2-5,12,16H,6-10H2,1H3;1H. The highest BCUT2D eigenvalue weighted by molar-refractivity contribution is 7.89. The maximum absolute atomic E-state index is 13.0. The van der Waals surface area contributed by atoms with Gasteiger partial charge in [-0.15, -0.1) is 12.4 Å². The van der Waals surface area contributed by atoms with Gasteiger partial charge in [-0.25, -0.2) is 12.8 Å². The van der Waals surface area contributed by atoms with Crippen LogP contribution >= 0.6 is 12.4 Å². The molecule has 6 nitrogen and oxygen atoms in total. The van der Waals surface area contributed by atoms with E-state index >= 15 is 0 Å². The second kappa shape index (κ2) is 8.58. The van der Waals surface area contributed by atoms with Gasteiger partial charge < -0.3 is 10.1 Å². The van der Waals surface area contributed by atoms with E-state index in [1.165, 1.54) is 19.2 Å². The summed E-state index contributed by atoms with van der Waals surface area (Å²) in [6.07, 6.45) is 1.22. The van der Waals surface area contributed by atoms with Gasteiger partial charge >= 0.3 is 5.97 Å². The molecule has 0 atom stereocenters. The molecule has 1 fully saturated rings. The first-order chi connectivity index (χ1) is 10.4. The average molecular weight is 367 g/mol. The summed E-state index contributed by atoms with van der Waals surface area (Å²) in [5.41, 5.74) is 0. The fraction of sp³-hybridized carbons (Fsp3) is 0.500. The summed E-state index contributed by atoms with van der Waals surface area (Å²) in [4.78, 5) is 11.6. The molecule has 0 saturated carbocycles. The summed E-state index contributed by atoms with van der Waals surface area (Å²) in [6, 6.07) is 4.30. The van der Waals surface area contributed by atoms with Crippen molar-refractivity contribution in [1.82, 2.24) is 9.62 Å². The van der Waals surface area contributed by atoms with Crippen LogP contribution in [0.5, 0.6) is 0 Å². The highest BCUT2D eigenvalue weighted by Gasteiger charge is 2.34. The van der Waals surface area contributed by atoms with Crippen LogP contribution in [0.25, 0.3) is 0 Å². The maximum Gasteiger partial charge on any atom is 0.321 e. The van der Waals surface area contributed by atoms with Crippen LogP contribution in [0.15, 0.2) is 29.2 Å². The highest BCUT2D eigenvalue weighted by Crippen LogP contribution is 2.22. The third-order valence-corrected chi connectivity index (χ3v) is 5.56. The van der Waals surface area contributed by atoms with Crippen molar-refractivity contribution in [2.45, 2.75) is 23.8 Å². The minimum atomic E-state index is -3.88. The number of hydrogen-bond acceptors (Lipinski definition) is 5. The van der Waals surface area contributed by atoms with Gasteiger partial charge in [0.1, 0.15) is 12.4 Å². The quantitative estimate of drug-likeness (QED) is 0.791. The lowest BCUT2D eigenvalue weighted by atomic mass is 10.1. The Morgan fingerprint density at radius 3 is 2.39 bits per heavy atom. The lowest BCUT2D eigenvalue weighted by molar-refractivity contribution is -0.141. The van der Waals surface area contributed by atoms with Gasteiger partial charge in [0.2, 0.25) is 10.0 Å². The van der Waals surface area contributed by atoms with Crippen molar-refractivity contribution in [1.29, 1.82) is 0 Å². The van der Waals surface area contributed by atoms with Crippen molar-refractivity contribution in [2.75, 3.05) is 26.7 Å². The van der Waals surface area contributed by atoms with Crippen molar-refractivity contribution in [2.24, 2.45) is 0 Å². The largest absolute Gasteiger partial charge is 0.468 e. The first kappa shape index (κ1) is 19.8. The number of esters is 1. The van der Waals surface area contributed by atoms with Crippen LogP contribution in [0.2, 0.25) is 0 Å². The third kappa shape index (κ3) is 4.87. The molecule has 1 aromatic rings. The van der Waals surface area contributed by atoms with E-state index in [2.05, 4.69) is 10.1 Å². The summed E-state index contributed by atoms with van der Waals surface area (Å²) in [6.45, 7) is 1.02. The van der Waals surface area contributed by atoms with Crippen molar-refractivity contribution >= 4 is 28.4 Å². The molecule has 1 saturated heterocycles. The number of benzene rings is 1. The zero-order valence-corrected chi connectivity index (χ0v) is 14.3. The van der Waals surface area contributed by atoms with Crippen molar-refractivity contribution in [3.63, 3.8) is 0 Å². The molecule has 0 amide bonds. The number of sulfonamides is 1. The summed E-state index contributed by atoms with van der Waals surface area (Å²) < 4.78 is 44.3. The first-order valence-corrected chi connectivity index (χ1v) is 8.44. The Hall–Kier alpha value is -1.22. The molecule has 130 valence electrons. The molecule has 0 radical (unpaired) electrons. The summed E-state index contributed by atoms with van der Waals surface area (Å²) in [5, 5.41) is 3.15. The smallest absolute Gasteiger partial charge is 0.321 e. The first-order valence-electron chi connectivity index (χ1n) is 7.00. The molecule has 1 aromatic carbocycles. The van der Waals surface area contributed by atoms with E-state index in [0.29, 0.717) is 25.9 Å². The van der Waals surface area contributed by atoms with Crippen LogP contribution in [0.4, 0.5) is 4.39 Å². The number of piperidine rings is 1. The van der Waals surface area contributed by atoms with Crippen LogP contribution in [0.3, 0.4) is 0 Å². The van der Waals surface area contributed by atoms with Gasteiger partial charge in [0, 0.05) is 6.04 Å². The number of carbonyl (C=O) groups is 1. The molecule has 0 unspecified atom stereocenters. The van der Waals surface area contributed by atoms with Gasteiger partial charge in [0.25, 0.3) is 0 Å². The predicted octanol–water partition coefficient (Wildman–Crippen LogP) is 1.16. The SMILES string of the molecule is COC(=O)CN(C1CCNCC1)S(=O)(=O)c1ccc(F)cc1.Cl. The van der Waals surface area contributed by atoms with E-state index in [0.717, 1.165) is 16.4 Å². The van der Waals surface area contributed by atoms with Gasteiger partial charge in [0.15, 0.2) is 0 Å². The van der Waals surface area contributed by atoms with E-state index < -0.39 is 21.8 Å². The van der Waals surface area contributed by atoms with Gasteiger partial charge in [-0.3, -0.25) is 4.79 Å². The van der Waals surface area contributed by atoms with Crippen LogP contribution in [-0.2, 0) is 19.6 Å². The number of carbonyl (C=O) groups excluding carboxylic acids is 1. The topological polar surface area (TPSA) is 75.7 Å². The summed E-state index contributed by atoms with van der Waals surface area (Å²) >= 11 is 0. The highest BCUT2D eigenvalue weighted by atomic mass is 35.5. The van der Waals surface area contributed by atoms with E-state index in [9.17, 15) is 17.6 Å². The van der Waals surface area contributed by atoms with Crippen LogP contribution in [-0.4, -0.2) is 51.5 Å². The van der Waals surface area contributed by atoms with E-state index in [1.54, 1.807) is 0 Å². The molecule has 0 bridgehead atoms. The Kier molecular flexibility index (Phi) is 7.40. The lowest BCUT2D eigenvalue weighted by Gasteiger charge is -2.32. The fourth-order valence-corrected chi connectivity index (χ4v) is 4.07. The van der Waals surface area contributed by atoms with Crippen molar-refractivity contribution < 1.29 is 22.3 Å². The molecule has 9 heteroatoms. The number of rotatable bonds is 5. The molecular formula is C14H20ClFN2O4S. The second-order valence-corrected chi connectivity index (χ2v) is 6.95. The van der Waals surface area contributed by atoms with Crippen LogP contribution in [0, 0.1) is 5.82 Å². The summed E-state index contributed by atoms with van der Waals surface area (Å²) in [5.74, 6) is -1.13. The number of halogens is 2. The number of nitrogens with one attached hydrogen (secondary N) is 1. The van der Waals surface area contributed by atoms with Gasteiger partial charge in [-0.2, -0.15) is 4.31 Å². The zero-order valence-electron chi connectivity index (χ0n) is 12.7. The zero-order chi connectivity index (χ0) is 16.2. The second-order valence-electron chi connectivity index (χ2n) is 5.06. The minimum Gasteiger partial charge on any atom is -0.468 e. The number of hydrogen-bond donors (Lipinski definition) is 1. The van der Waals surface area contributed by atoms with Crippen molar-refractivity contribution in [3.8, 4) is 0 Å². The Labute approximate surface area is 141 Å². The van der Waals surface area contributed by atoms with Crippen LogP contribution < -0.4 is 5.32 Å². The monoisotopic (exact) mass is 366 g/mol. The molecule has 0 aromatic heterocycles. The molecular weight excluding hydrogens is 347 g/mol. The minimum absolute atomic E-state index is 0. The van der Waals surface area contributed by atoms with E-state index in [1.807, 2.05) is 0 Å². The third-order valence-electron chi connectivity index (χ3n) is 3.65. The Morgan fingerprint density at radius 1 is 1.30 bits per heavy atom. The molecule has 23 heavy (non-hydrogen) atoms. The van der Waals surface area contributed by atoms with Gasteiger partial charge in [-0.05, 0) is 50.2 Å². The molecule has 1 heterocycles. The molecule has 0 aliphatic carbocycles. The van der Waals surface area contributed by atoms with Gasteiger partial charge in [0.05, 0.1) is 12.0 Å². The molecule has 2 rings (SSSR count). The predicted molar refractivity (Wildman–Crippen MR) is 85.4 cm³/mol. The Morgan fingerprint density at radius 2 is 1.87 bits per heavy atom. The van der Waals surface area contributed by atoms with E-state index in [-0.39, 0.29) is 29.9 Å². The normalized spacial score (nSPS) is 16.0. The lowest BCUT2D eigenvalue weighted by Crippen LogP contribution is -2.48. The summed E-state index contributed by atoms with van der Waals surface area (Å²) in [7, 11) is -2.67. The number of methoxy groups -OCH3 is 1. The molecule has 1 N–H and O–H groups in total. The number of ether oxygens (including phenoxy) is 1. The maximum atomic E-state index is 13.0. The van der Waals surface area contributed by atoms with E-state index in [4.69, 9.17) is 0 Å². The van der Waals surface area contributed by atoms with Crippen LogP contribution in [0.1, 0.15) is 12.8 Å². The Bertz CT molecular complexity index is 618. The fourth-order valence-electron chi connectivity index (χ4n) is 2.44. The average Bonchev–Trinajstić information content (AvgIpc) is 2.53. The van der Waals surface area contributed by atoms with Crippen molar-refractivity contribution in [3.05, 3.63) is 30.1 Å². The molecule has 0 spiro atoms. The number of nitrogens with zero attached hydrogens (tertiary/aromatic N) is 1. The van der Waals surface area contributed by atoms with Gasteiger partial charge in [-0.1, -0.05) is 0 Å². The molecule has 1 aliphatic rings. The Balaban J connectivity index is 0.00000264. The molecule has 1 aliphatic heterocycles.